The molecule has 3 aromatic rings. The summed E-state index contributed by atoms with van der Waals surface area (Å²) in [6.45, 7) is 4.61. The summed E-state index contributed by atoms with van der Waals surface area (Å²) in [4.78, 5) is 15.1. The van der Waals surface area contributed by atoms with Crippen molar-refractivity contribution >= 4 is 11.6 Å². The molecule has 4 rings (SSSR count). The van der Waals surface area contributed by atoms with Crippen LogP contribution in [-0.4, -0.2) is 33.7 Å². The molecular formula is C22H26N4O2. The number of furan rings is 1. The summed E-state index contributed by atoms with van der Waals surface area (Å²) in [5, 5.41) is 7.32. The third-order valence-electron chi connectivity index (χ3n) is 5.20. The van der Waals surface area contributed by atoms with Gasteiger partial charge in [0.15, 0.2) is 0 Å². The van der Waals surface area contributed by atoms with Gasteiger partial charge in [-0.15, -0.1) is 0 Å². The summed E-state index contributed by atoms with van der Waals surface area (Å²) < 4.78 is 7.61. The number of piperidine rings is 1. The van der Waals surface area contributed by atoms with Gasteiger partial charge in [-0.3, -0.25) is 9.69 Å². The summed E-state index contributed by atoms with van der Waals surface area (Å²) in [6, 6.07) is 13.7. The van der Waals surface area contributed by atoms with Gasteiger partial charge in [0.1, 0.15) is 11.5 Å². The number of likely N-dealkylation sites (tertiary alicyclic amines) is 1. The van der Waals surface area contributed by atoms with E-state index in [9.17, 15) is 4.79 Å². The Balaban J connectivity index is 1.37. The van der Waals surface area contributed by atoms with E-state index in [0.717, 1.165) is 61.8 Å². The first-order valence-electron chi connectivity index (χ1n) is 9.92. The Hall–Kier alpha value is -2.86. The van der Waals surface area contributed by atoms with Crippen LogP contribution in [0.5, 0.6) is 0 Å². The molecule has 1 atom stereocenters. The zero-order valence-corrected chi connectivity index (χ0v) is 16.2. The monoisotopic (exact) mass is 378 g/mol. The molecule has 0 aliphatic carbocycles. The Bertz CT molecular complexity index is 916. The van der Waals surface area contributed by atoms with Crippen LogP contribution in [0.2, 0.25) is 0 Å². The predicted octanol–water partition coefficient (Wildman–Crippen LogP) is 3.88. The lowest BCUT2D eigenvalue weighted by Gasteiger charge is -2.31. The van der Waals surface area contributed by atoms with Crippen LogP contribution in [0.4, 0.5) is 5.69 Å². The van der Waals surface area contributed by atoms with Gasteiger partial charge in [-0.1, -0.05) is 13.0 Å². The van der Waals surface area contributed by atoms with Crippen LogP contribution in [0.15, 0.2) is 59.3 Å². The molecule has 0 saturated carbocycles. The summed E-state index contributed by atoms with van der Waals surface area (Å²) in [7, 11) is 0. The molecule has 1 aromatic carbocycles. The van der Waals surface area contributed by atoms with Crippen molar-refractivity contribution in [3.63, 3.8) is 0 Å². The van der Waals surface area contributed by atoms with Gasteiger partial charge >= 0.3 is 0 Å². The number of amides is 1. The molecule has 0 bridgehead atoms. The molecule has 2 aromatic heterocycles. The van der Waals surface area contributed by atoms with E-state index in [4.69, 9.17) is 4.42 Å². The van der Waals surface area contributed by atoms with Crippen molar-refractivity contribution in [1.29, 1.82) is 0 Å². The van der Waals surface area contributed by atoms with Gasteiger partial charge in [-0.25, -0.2) is 4.68 Å². The van der Waals surface area contributed by atoms with Crippen LogP contribution in [0.25, 0.3) is 5.69 Å². The minimum atomic E-state index is -0.0114. The van der Waals surface area contributed by atoms with Gasteiger partial charge in [-0.05, 0) is 55.8 Å². The predicted molar refractivity (Wildman–Crippen MR) is 108 cm³/mol. The summed E-state index contributed by atoms with van der Waals surface area (Å²) in [5.41, 5.74) is 1.73. The molecule has 6 nitrogen and oxygen atoms in total. The number of hydrogen-bond acceptors (Lipinski definition) is 4. The van der Waals surface area contributed by atoms with Crippen molar-refractivity contribution < 1.29 is 9.21 Å². The minimum Gasteiger partial charge on any atom is -0.465 e. The van der Waals surface area contributed by atoms with Crippen LogP contribution in [0.3, 0.4) is 0 Å². The standard InChI is InChI=1S/C22H26N4O2/c1-2-20-9-10-21(28-20)16-25-12-4-6-17(15-25)22(27)24-18-7-3-8-19(14-18)26-13-5-11-23-26/h3,5,7-11,13-14,17H,2,4,6,12,15-16H2,1H3,(H,24,27)/t17-/m0/s1. The topological polar surface area (TPSA) is 63.3 Å². The molecule has 146 valence electrons. The smallest absolute Gasteiger partial charge is 0.228 e. The largest absolute Gasteiger partial charge is 0.465 e. The van der Waals surface area contributed by atoms with Gasteiger partial charge in [0.2, 0.25) is 5.91 Å². The van der Waals surface area contributed by atoms with Crippen molar-refractivity contribution in [2.45, 2.75) is 32.7 Å². The highest BCUT2D eigenvalue weighted by atomic mass is 16.3. The first kappa shape index (κ1) is 18.5. The number of nitrogens with one attached hydrogen (secondary N) is 1. The van der Waals surface area contributed by atoms with E-state index in [-0.39, 0.29) is 11.8 Å². The second-order valence-corrected chi connectivity index (χ2v) is 7.29. The maximum absolute atomic E-state index is 12.8. The molecule has 1 fully saturated rings. The van der Waals surface area contributed by atoms with Crippen LogP contribution in [-0.2, 0) is 17.8 Å². The molecule has 6 heteroatoms. The Morgan fingerprint density at radius 1 is 1.25 bits per heavy atom. The molecular weight excluding hydrogens is 352 g/mol. The van der Waals surface area contributed by atoms with E-state index < -0.39 is 0 Å². The normalized spacial score (nSPS) is 17.5. The molecule has 28 heavy (non-hydrogen) atoms. The molecule has 0 radical (unpaired) electrons. The van der Waals surface area contributed by atoms with Crippen LogP contribution in [0, 0.1) is 5.92 Å². The fourth-order valence-electron chi connectivity index (χ4n) is 3.72. The average Bonchev–Trinajstić information content (AvgIpc) is 3.40. The van der Waals surface area contributed by atoms with Crippen molar-refractivity contribution in [3.8, 4) is 5.69 Å². The number of carbonyl (C=O) groups excluding carboxylic acids is 1. The summed E-state index contributed by atoms with van der Waals surface area (Å²) >= 11 is 0. The third-order valence-corrected chi connectivity index (χ3v) is 5.20. The summed E-state index contributed by atoms with van der Waals surface area (Å²) in [6.07, 6.45) is 6.47. The van der Waals surface area contributed by atoms with Gasteiger partial charge in [0.05, 0.1) is 18.2 Å². The lowest BCUT2D eigenvalue weighted by Crippen LogP contribution is -2.40. The lowest BCUT2D eigenvalue weighted by atomic mass is 9.97. The Morgan fingerprint density at radius 3 is 2.93 bits per heavy atom. The number of rotatable bonds is 6. The first-order chi connectivity index (χ1) is 13.7. The van der Waals surface area contributed by atoms with E-state index in [1.165, 1.54) is 0 Å². The number of benzene rings is 1. The molecule has 3 heterocycles. The van der Waals surface area contributed by atoms with E-state index in [0.29, 0.717) is 0 Å². The Kier molecular flexibility index (Phi) is 5.58. The van der Waals surface area contributed by atoms with Gasteiger partial charge < -0.3 is 9.73 Å². The number of nitrogens with zero attached hydrogens (tertiary/aromatic N) is 3. The molecule has 1 aliphatic heterocycles. The highest BCUT2D eigenvalue weighted by Crippen LogP contribution is 2.22. The third kappa shape index (κ3) is 4.34. The molecule has 1 N–H and O–H groups in total. The van der Waals surface area contributed by atoms with Crippen molar-refractivity contribution in [3.05, 3.63) is 66.4 Å². The number of hydrogen-bond donors (Lipinski definition) is 1. The van der Waals surface area contributed by atoms with Gasteiger partial charge in [-0.2, -0.15) is 5.10 Å². The van der Waals surface area contributed by atoms with Gasteiger partial charge in [0.25, 0.3) is 0 Å². The van der Waals surface area contributed by atoms with Crippen LogP contribution < -0.4 is 5.32 Å². The van der Waals surface area contributed by atoms with Crippen molar-refractivity contribution in [2.24, 2.45) is 5.92 Å². The van der Waals surface area contributed by atoms with Crippen LogP contribution in [0.1, 0.15) is 31.3 Å². The van der Waals surface area contributed by atoms with E-state index in [1.807, 2.05) is 48.7 Å². The van der Waals surface area contributed by atoms with Crippen molar-refractivity contribution in [2.75, 3.05) is 18.4 Å². The Morgan fingerprint density at radius 2 is 2.14 bits per heavy atom. The number of anilines is 1. The SMILES string of the molecule is CCc1ccc(CN2CCC[C@H](C(=O)Nc3cccc(-n4cccn4)c3)C2)o1. The summed E-state index contributed by atoms with van der Waals surface area (Å²) in [5.74, 6) is 2.06. The fourth-order valence-corrected chi connectivity index (χ4v) is 3.72. The van der Waals surface area contributed by atoms with E-state index in [2.05, 4.69) is 22.2 Å². The second-order valence-electron chi connectivity index (χ2n) is 7.29. The maximum Gasteiger partial charge on any atom is 0.228 e. The lowest BCUT2D eigenvalue weighted by molar-refractivity contribution is -0.121. The van der Waals surface area contributed by atoms with E-state index in [1.54, 1.807) is 10.9 Å². The van der Waals surface area contributed by atoms with Crippen LogP contribution >= 0.6 is 0 Å². The zero-order valence-electron chi connectivity index (χ0n) is 16.2. The van der Waals surface area contributed by atoms with Gasteiger partial charge in [0, 0.05) is 31.0 Å². The number of carbonyl (C=O) groups is 1. The molecule has 1 aliphatic rings. The maximum atomic E-state index is 12.8. The highest BCUT2D eigenvalue weighted by molar-refractivity contribution is 5.93. The number of aromatic nitrogens is 2. The first-order valence-corrected chi connectivity index (χ1v) is 9.92. The molecule has 1 amide bonds. The fraction of sp³-hybridized carbons (Fsp3) is 0.364. The molecule has 0 spiro atoms. The quantitative estimate of drug-likeness (QED) is 0.707. The highest BCUT2D eigenvalue weighted by Gasteiger charge is 2.26. The average molecular weight is 378 g/mol. The Labute approximate surface area is 165 Å². The number of aryl methyl sites for hydroxylation is 1. The minimum absolute atomic E-state index is 0.0114. The van der Waals surface area contributed by atoms with Crippen molar-refractivity contribution in [1.82, 2.24) is 14.7 Å². The van der Waals surface area contributed by atoms with E-state index >= 15 is 0 Å². The second kappa shape index (κ2) is 8.44. The molecule has 1 saturated heterocycles. The zero-order chi connectivity index (χ0) is 19.3. The molecule has 0 unspecified atom stereocenters.